The van der Waals surface area contributed by atoms with Crippen molar-refractivity contribution in [3.8, 4) is 23.0 Å². The van der Waals surface area contributed by atoms with Gasteiger partial charge >= 0.3 is 18.2 Å². The molecule has 2 fully saturated rings. The highest BCUT2D eigenvalue weighted by Gasteiger charge is 2.37. The van der Waals surface area contributed by atoms with Gasteiger partial charge in [0.05, 0.1) is 38.4 Å². The molecule has 4 heterocycles. The molecule has 15 heteroatoms. The molecule has 0 bridgehead atoms. The van der Waals surface area contributed by atoms with Gasteiger partial charge in [0.15, 0.2) is 5.82 Å². The van der Waals surface area contributed by atoms with E-state index in [0.717, 1.165) is 11.8 Å². The third-order valence-electron chi connectivity index (χ3n) is 7.98. The number of alkyl halides is 3. The molecule has 2 amide bonds. The number of halogens is 3. The normalized spacial score (nSPS) is 18.1. The van der Waals surface area contributed by atoms with Crippen molar-refractivity contribution in [3.05, 3.63) is 78.5 Å². The highest BCUT2D eigenvalue weighted by molar-refractivity contribution is 5.91. The Hall–Kier alpha value is -5.05. The van der Waals surface area contributed by atoms with Crippen LogP contribution in [0.4, 0.5) is 29.6 Å². The highest BCUT2D eigenvalue weighted by atomic mass is 19.4. The summed E-state index contributed by atoms with van der Waals surface area (Å²) in [6.45, 7) is 0.814. The second kappa shape index (κ2) is 14.2. The number of hydrogen-bond acceptors (Lipinski definition) is 10. The minimum absolute atomic E-state index is 0.0758. The van der Waals surface area contributed by atoms with Crippen molar-refractivity contribution in [2.75, 3.05) is 30.5 Å². The summed E-state index contributed by atoms with van der Waals surface area (Å²) >= 11 is 0. The van der Waals surface area contributed by atoms with Crippen molar-refractivity contribution in [1.29, 1.82) is 0 Å². The van der Waals surface area contributed by atoms with E-state index in [-0.39, 0.29) is 48.9 Å². The van der Waals surface area contributed by atoms with Crippen molar-refractivity contribution in [1.82, 2.24) is 30.2 Å². The Morgan fingerprint density at radius 2 is 1.70 bits per heavy atom. The van der Waals surface area contributed by atoms with Crippen LogP contribution in [0.1, 0.15) is 36.8 Å². The Morgan fingerprint density at radius 1 is 0.957 bits per heavy atom. The van der Waals surface area contributed by atoms with E-state index in [1.165, 1.54) is 13.2 Å². The fourth-order valence-corrected chi connectivity index (χ4v) is 5.44. The van der Waals surface area contributed by atoms with E-state index in [1.807, 2.05) is 30.3 Å². The second-order valence-corrected chi connectivity index (χ2v) is 11.2. The molecule has 1 aromatic carbocycles. The molecule has 1 saturated heterocycles. The Kier molecular flexibility index (Phi) is 9.61. The van der Waals surface area contributed by atoms with E-state index in [9.17, 15) is 18.0 Å². The summed E-state index contributed by atoms with van der Waals surface area (Å²) in [6.07, 6.45) is 4.53. The third-order valence-corrected chi connectivity index (χ3v) is 7.98. The van der Waals surface area contributed by atoms with Crippen molar-refractivity contribution >= 4 is 17.7 Å². The number of nitrogens with one attached hydrogen (secondary N) is 2. The lowest BCUT2D eigenvalue weighted by molar-refractivity contribution is -0.142. The average molecular weight is 651 g/mol. The van der Waals surface area contributed by atoms with E-state index < -0.39 is 17.8 Å². The predicted molar refractivity (Wildman–Crippen MR) is 165 cm³/mol. The molecular weight excluding hydrogens is 617 g/mol. The van der Waals surface area contributed by atoms with E-state index in [1.54, 1.807) is 29.7 Å². The maximum absolute atomic E-state index is 13.7. The topological polar surface area (TPSA) is 137 Å². The summed E-state index contributed by atoms with van der Waals surface area (Å²) in [5.41, 5.74) is 1.20. The lowest BCUT2D eigenvalue weighted by Crippen LogP contribution is -2.49. The third kappa shape index (κ3) is 7.85. The number of hydrogen-bond donors (Lipinski definition) is 2. The highest BCUT2D eigenvalue weighted by Crippen LogP contribution is 2.38. The Morgan fingerprint density at radius 3 is 2.32 bits per heavy atom. The quantitative estimate of drug-likeness (QED) is 0.234. The van der Waals surface area contributed by atoms with Crippen molar-refractivity contribution in [2.24, 2.45) is 0 Å². The van der Waals surface area contributed by atoms with Crippen LogP contribution in [0.3, 0.4) is 0 Å². The molecule has 1 aliphatic carbocycles. The Balaban J connectivity index is 1.15. The SMILES string of the molecule is COc1ncc(-c2cnc(N(C(=O)NCc3ccccc3)C3CCC(Nc4cc(OC5COC5)c(C(F)(F)F)cn4)CC3)cn2)cn1. The maximum atomic E-state index is 13.7. The van der Waals surface area contributed by atoms with Crippen LogP contribution in [0.5, 0.6) is 11.8 Å². The van der Waals surface area contributed by atoms with Gasteiger partial charge in [-0.3, -0.25) is 9.88 Å². The summed E-state index contributed by atoms with van der Waals surface area (Å²) in [7, 11) is 1.48. The molecule has 2 aliphatic rings. The summed E-state index contributed by atoms with van der Waals surface area (Å²) in [4.78, 5) is 36.7. The number of nitrogens with zero attached hydrogens (tertiary/aromatic N) is 6. The predicted octanol–water partition coefficient (Wildman–Crippen LogP) is 5.27. The molecule has 0 atom stereocenters. The fraction of sp³-hybridized carbons (Fsp3) is 0.375. The van der Waals surface area contributed by atoms with Crippen LogP contribution in [0, 0.1) is 0 Å². The van der Waals surface area contributed by atoms with Gasteiger partial charge in [-0.1, -0.05) is 30.3 Å². The first-order valence-corrected chi connectivity index (χ1v) is 15.1. The Labute approximate surface area is 268 Å². The number of carbonyl (C=O) groups excluding carboxylic acids is 1. The molecule has 0 spiro atoms. The zero-order chi connectivity index (χ0) is 32.8. The van der Waals surface area contributed by atoms with Gasteiger partial charge in [-0.25, -0.2) is 24.7 Å². The van der Waals surface area contributed by atoms with Gasteiger partial charge < -0.3 is 24.8 Å². The van der Waals surface area contributed by atoms with Gasteiger partial charge in [-0.2, -0.15) is 13.2 Å². The molecule has 4 aromatic rings. The van der Waals surface area contributed by atoms with Crippen molar-refractivity contribution in [3.63, 3.8) is 0 Å². The summed E-state index contributed by atoms with van der Waals surface area (Å²) in [5, 5.41) is 6.26. The molecule has 1 saturated carbocycles. The minimum Gasteiger partial charge on any atom is -0.485 e. The number of anilines is 2. The zero-order valence-corrected chi connectivity index (χ0v) is 25.5. The van der Waals surface area contributed by atoms with E-state index >= 15 is 0 Å². The van der Waals surface area contributed by atoms with E-state index in [4.69, 9.17) is 14.2 Å². The summed E-state index contributed by atoms with van der Waals surface area (Å²) in [5.74, 6) is 0.399. The molecule has 1 aliphatic heterocycles. The first-order valence-electron chi connectivity index (χ1n) is 15.1. The largest absolute Gasteiger partial charge is 0.485 e. The molecule has 0 radical (unpaired) electrons. The van der Waals surface area contributed by atoms with Gasteiger partial charge in [0, 0.05) is 48.8 Å². The van der Waals surface area contributed by atoms with Crippen LogP contribution in [-0.2, 0) is 17.5 Å². The van der Waals surface area contributed by atoms with Gasteiger partial charge in [0.1, 0.15) is 23.2 Å². The van der Waals surface area contributed by atoms with Gasteiger partial charge in [-0.15, -0.1) is 0 Å². The molecule has 246 valence electrons. The number of rotatable bonds is 10. The number of carbonyl (C=O) groups is 1. The summed E-state index contributed by atoms with van der Waals surface area (Å²) in [6, 6.07) is 10.5. The smallest absolute Gasteiger partial charge is 0.421 e. The lowest BCUT2D eigenvalue weighted by Gasteiger charge is -2.36. The molecule has 2 N–H and O–H groups in total. The number of amides is 2. The molecule has 6 rings (SSSR count). The number of ether oxygens (including phenoxy) is 3. The van der Waals surface area contributed by atoms with Crippen LogP contribution in [0.15, 0.2) is 67.4 Å². The monoisotopic (exact) mass is 650 g/mol. The second-order valence-electron chi connectivity index (χ2n) is 11.2. The molecular formula is C32H33F3N8O4. The van der Waals surface area contributed by atoms with Crippen LogP contribution in [0.2, 0.25) is 0 Å². The van der Waals surface area contributed by atoms with Crippen LogP contribution in [0.25, 0.3) is 11.3 Å². The average Bonchev–Trinajstić information content (AvgIpc) is 3.07. The molecule has 12 nitrogen and oxygen atoms in total. The number of benzene rings is 1. The first kappa shape index (κ1) is 31.9. The first-order chi connectivity index (χ1) is 22.8. The van der Waals surface area contributed by atoms with Crippen molar-refractivity contribution in [2.45, 2.75) is 56.6 Å². The number of urea groups is 1. The minimum atomic E-state index is -4.60. The molecule has 3 aromatic heterocycles. The number of pyridine rings is 1. The van der Waals surface area contributed by atoms with E-state index in [0.29, 0.717) is 49.3 Å². The Bertz CT molecular complexity index is 1630. The van der Waals surface area contributed by atoms with Crippen LogP contribution >= 0.6 is 0 Å². The zero-order valence-electron chi connectivity index (χ0n) is 25.5. The maximum Gasteiger partial charge on any atom is 0.421 e. The van der Waals surface area contributed by atoms with E-state index in [2.05, 4.69) is 35.6 Å². The molecule has 47 heavy (non-hydrogen) atoms. The van der Waals surface area contributed by atoms with Gasteiger partial charge in [0.25, 0.3) is 0 Å². The van der Waals surface area contributed by atoms with Crippen molar-refractivity contribution < 1.29 is 32.2 Å². The number of methoxy groups -OCH3 is 1. The fourth-order valence-electron chi connectivity index (χ4n) is 5.44. The standard InChI is InChI=1S/C32H33F3N8O4/c1-45-30-39-13-21(14-40-30)26-16-38-29(17-36-26)43(31(44)41-12-20-5-3-2-4-6-20)23-9-7-22(8-10-23)42-28-11-27(47-24-18-46-19-24)25(15-37-28)32(33,34)35/h2-6,11,13-17,22-24H,7-10,12,18-19H2,1H3,(H,37,42)(H,41,44). The van der Waals surface area contributed by atoms with Crippen LogP contribution < -0.4 is 25.0 Å². The van der Waals surface area contributed by atoms with Crippen LogP contribution in [-0.4, -0.2) is 69.5 Å². The molecule has 0 unspecified atom stereocenters. The summed E-state index contributed by atoms with van der Waals surface area (Å²) < 4.78 is 56.4. The van der Waals surface area contributed by atoms with Gasteiger partial charge in [-0.05, 0) is 31.2 Å². The lowest BCUT2D eigenvalue weighted by atomic mass is 9.90. The van der Waals surface area contributed by atoms with Gasteiger partial charge in [0.2, 0.25) is 0 Å². The number of aromatic nitrogens is 5.